The molecule has 2 unspecified atom stereocenters. The summed E-state index contributed by atoms with van der Waals surface area (Å²) in [6.07, 6.45) is 4.38. The van der Waals surface area contributed by atoms with Crippen LogP contribution in [0.1, 0.15) is 19.0 Å². The third kappa shape index (κ3) is 2.33. The second-order valence-electron chi connectivity index (χ2n) is 4.68. The highest BCUT2D eigenvalue weighted by Gasteiger charge is 2.34. The van der Waals surface area contributed by atoms with Gasteiger partial charge in [0.15, 0.2) is 12.5 Å². The molecule has 0 bridgehead atoms. The van der Waals surface area contributed by atoms with Gasteiger partial charge in [0.25, 0.3) is 0 Å². The Bertz CT molecular complexity index is 375. The molecule has 1 saturated heterocycles. The predicted octanol–water partition coefficient (Wildman–Crippen LogP) is 0.861. The van der Waals surface area contributed by atoms with Crippen molar-refractivity contribution in [2.75, 3.05) is 6.61 Å². The third-order valence-electron chi connectivity index (χ3n) is 3.18. The molecule has 2 rings (SSSR count). The van der Waals surface area contributed by atoms with E-state index >= 15 is 0 Å². The molecule has 0 saturated carbocycles. The number of carbonyl (C=O) groups is 1. The van der Waals surface area contributed by atoms with Gasteiger partial charge in [-0.3, -0.25) is 10.1 Å². The van der Waals surface area contributed by atoms with Gasteiger partial charge in [0.2, 0.25) is 0 Å². The molecule has 88 valence electrons. The monoisotopic (exact) mass is 222 g/mol. The first-order valence-electron chi connectivity index (χ1n) is 5.58. The van der Waals surface area contributed by atoms with Crippen LogP contribution in [0.25, 0.3) is 0 Å². The van der Waals surface area contributed by atoms with Crippen molar-refractivity contribution < 1.29 is 9.53 Å². The maximum absolute atomic E-state index is 10.6. The lowest BCUT2D eigenvalue weighted by atomic mass is 9.96. The number of hydrogen-bond acceptors (Lipinski definition) is 3. The molecule has 4 nitrogen and oxygen atoms in total. The van der Waals surface area contributed by atoms with E-state index in [1.54, 1.807) is 0 Å². The van der Waals surface area contributed by atoms with Crippen LogP contribution in [-0.4, -0.2) is 29.2 Å². The smallest absolute Gasteiger partial charge is 0.165 e. The summed E-state index contributed by atoms with van der Waals surface area (Å²) < 4.78 is 7.45. The quantitative estimate of drug-likeness (QED) is 0.768. The molecule has 0 radical (unpaired) electrons. The zero-order valence-corrected chi connectivity index (χ0v) is 9.77. The van der Waals surface area contributed by atoms with Gasteiger partial charge in [0.1, 0.15) is 0 Å². The Balaban J connectivity index is 1.91. The zero-order valence-electron chi connectivity index (χ0n) is 9.77. The number of nitrogens with zero attached hydrogens (tertiary/aromatic N) is 1. The molecule has 0 amide bonds. The molecule has 0 aliphatic carbocycles. The molecule has 0 aromatic carbocycles. The van der Waals surface area contributed by atoms with Gasteiger partial charge < -0.3 is 9.30 Å². The first-order chi connectivity index (χ1) is 7.63. The summed E-state index contributed by atoms with van der Waals surface area (Å²) in [4.78, 5) is 10.6. The number of aryl methyl sites for hydroxylation is 2. The van der Waals surface area contributed by atoms with E-state index in [2.05, 4.69) is 22.9 Å². The van der Waals surface area contributed by atoms with E-state index in [-0.39, 0.29) is 5.54 Å². The van der Waals surface area contributed by atoms with E-state index in [0.29, 0.717) is 6.61 Å². The SMILES string of the molecule is Cn1cccc1CCC1(C)COC(C=O)N1. The second kappa shape index (κ2) is 4.39. The van der Waals surface area contributed by atoms with E-state index < -0.39 is 6.23 Å². The van der Waals surface area contributed by atoms with Crippen LogP contribution >= 0.6 is 0 Å². The lowest BCUT2D eigenvalue weighted by Crippen LogP contribution is -2.43. The molecule has 1 aliphatic heterocycles. The van der Waals surface area contributed by atoms with Gasteiger partial charge in [-0.2, -0.15) is 0 Å². The van der Waals surface area contributed by atoms with Crippen molar-refractivity contribution in [3.05, 3.63) is 24.0 Å². The molecule has 4 heteroatoms. The Morgan fingerprint density at radius 3 is 3.12 bits per heavy atom. The highest BCUT2D eigenvalue weighted by Crippen LogP contribution is 2.20. The normalized spacial score (nSPS) is 29.5. The topological polar surface area (TPSA) is 43.3 Å². The van der Waals surface area contributed by atoms with Crippen molar-refractivity contribution in [1.29, 1.82) is 0 Å². The lowest BCUT2D eigenvalue weighted by molar-refractivity contribution is -0.116. The number of aromatic nitrogens is 1. The summed E-state index contributed by atoms with van der Waals surface area (Å²) in [5, 5.41) is 3.20. The van der Waals surface area contributed by atoms with Gasteiger partial charge in [0, 0.05) is 24.5 Å². The average molecular weight is 222 g/mol. The van der Waals surface area contributed by atoms with Crippen LogP contribution in [0.15, 0.2) is 18.3 Å². The first-order valence-corrected chi connectivity index (χ1v) is 5.58. The van der Waals surface area contributed by atoms with Crippen molar-refractivity contribution in [3.8, 4) is 0 Å². The first kappa shape index (κ1) is 11.4. The summed E-state index contributed by atoms with van der Waals surface area (Å²) in [6.45, 7) is 2.69. The molecular formula is C12H18N2O2. The van der Waals surface area contributed by atoms with E-state index in [1.807, 2.05) is 19.3 Å². The van der Waals surface area contributed by atoms with Crippen molar-refractivity contribution >= 4 is 6.29 Å². The Morgan fingerprint density at radius 1 is 1.75 bits per heavy atom. The fourth-order valence-electron chi connectivity index (χ4n) is 2.08. The van der Waals surface area contributed by atoms with Crippen LogP contribution in [0.2, 0.25) is 0 Å². The molecule has 1 N–H and O–H groups in total. The Morgan fingerprint density at radius 2 is 2.56 bits per heavy atom. The van der Waals surface area contributed by atoms with Gasteiger partial charge >= 0.3 is 0 Å². The van der Waals surface area contributed by atoms with Gasteiger partial charge in [-0.05, 0) is 31.9 Å². The fourth-order valence-corrected chi connectivity index (χ4v) is 2.08. The van der Waals surface area contributed by atoms with Crippen molar-refractivity contribution in [3.63, 3.8) is 0 Å². The highest BCUT2D eigenvalue weighted by atomic mass is 16.5. The third-order valence-corrected chi connectivity index (χ3v) is 3.18. The van der Waals surface area contributed by atoms with E-state index in [0.717, 1.165) is 19.1 Å². The van der Waals surface area contributed by atoms with E-state index in [9.17, 15) is 4.79 Å². The minimum atomic E-state index is -0.432. The molecule has 0 spiro atoms. The fraction of sp³-hybridized carbons (Fsp3) is 0.583. The lowest BCUT2D eigenvalue weighted by Gasteiger charge is -2.22. The molecule has 1 aliphatic rings. The van der Waals surface area contributed by atoms with Gasteiger partial charge in [-0.25, -0.2) is 0 Å². The van der Waals surface area contributed by atoms with Crippen molar-refractivity contribution in [2.24, 2.45) is 7.05 Å². The van der Waals surface area contributed by atoms with Crippen LogP contribution in [0.4, 0.5) is 0 Å². The molecular weight excluding hydrogens is 204 g/mol. The molecule has 1 aromatic heterocycles. The highest BCUT2D eigenvalue weighted by molar-refractivity contribution is 5.56. The average Bonchev–Trinajstić information content (AvgIpc) is 2.83. The van der Waals surface area contributed by atoms with Gasteiger partial charge in [0.05, 0.1) is 6.61 Å². The zero-order chi connectivity index (χ0) is 11.6. The summed E-state index contributed by atoms with van der Waals surface area (Å²) in [5.74, 6) is 0. The van der Waals surface area contributed by atoms with E-state index in [4.69, 9.17) is 4.74 Å². The molecule has 2 heterocycles. The molecule has 16 heavy (non-hydrogen) atoms. The predicted molar refractivity (Wildman–Crippen MR) is 61.1 cm³/mol. The summed E-state index contributed by atoms with van der Waals surface area (Å²) >= 11 is 0. The standard InChI is InChI=1S/C12H18N2O2/c1-12(9-16-11(8-15)13-12)6-5-10-4-3-7-14(10)2/h3-4,7-8,11,13H,5-6,9H2,1-2H3. The number of ether oxygens (including phenoxy) is 1. The minimum Gasteiger partial charge on any atom is -0.354 e. The van der Waals surface area contributed by atoms with Crippen molar-refractivity contribution in [2.45, 2.75) is 31.5 Å². The van der Waals surface area contributed by atoms with Crippen LogP contribution in [0.5, 0.6) is 0 Å². The Kier molecular flexibility index (Phi) is 3.12. The summed E-state index contributed by atoms with van der Waals surface area (Å²) in [7, 11) is 2.05. The van der Waals surface area contributed by atoms with Crippen LogP contribution < -0.4 is 5.32 Å². The Labute approximate surface area is 95.6 Å². The summed E-state index contributed by atoms with van der Waals surface area (Å²) in [6, 6.07) is 4.17. The summed E-state index contributed by atoms with van der Waals surface area (Å²) in [5.41, 5.74) is 1.22. The van der Waals surface area contributed by atoms with Crippen LogP contribution in [0, 0.1) is 0 Å². The Hall–Kier alpha value is -1.13. The van der Waals surface area contributed by atoms with E-state index in [1.165, 1.54) is 5.69 Å². The molecule has 1 fully saturated rings. The van der Waals surface area contributed by atoms with Gasteiger partial charge in [-0.15, -0.1) is 0 Å². The van der Waals surface area contributed by atoms with Crippen molar-refractivity contribution in [1.82, 2.24) is 9.88 Å². The van der Waals surface area contributed by atoms with Crippen LogP contribution in [-0.2, 0) is 23.0 Å². The molecule has 1 aromatic rings. The maximum Gasteiger partial charge on any atom is 0.165 e. The second-order valence-corrected chi connectivity index (χ2v) is 4.68. The number of nitrogens with one attached hydrogen (secondary N) is 1. The van der Waals surface area contributed by atoms with Crippen LogP contribution in [0.3, 0.4) is 0 Å². The maximum atomic E-state index is 10.6. The molecule has 2 atom stereocenters. The number of aldehydes is 1. The largest absolute Gasteiger partial charge is 0.354 e. The minimum absolute atomic E-state index is 0.0875. The number of hydrogen-bond donors (Lipinski definition) is 1. The van der Waals surface area contributed by atoms with Gasteiger partial charge in [-0.1, -0.05) is 0 Å². The number of carbonyl (C=O) groups excluding carboxylic acids is 1. The number of rotatable bonds is 4.